The second-order valence-corrected chi connectivity index (χ2v) is 11.9. The number of rotatable bonds is 3. The van der Waals surface area contributed by atoms with Crippen molar-refractivity contribution in [3.63, 3.8) is 0 Å². The lowest BCUT2D eigenvalue weighted by Crippen LogP contribution is -2.30. The Kier molecular flexibility index (Phi) is 5.34. The highest BCUT2D eigenvalue weighted by molar-refractivity contribution is 7.09. The third-order valence-electron chi connectivity index (χ3n) is 8.44. The van der Waals surface area contributed by atoms with E-state index in [9.17, 15) is 0 Å². The predicted octanol–water partition coefficient (Wildman–Crippen LogP) is 10.3. The van der Waals surface area contributed by atoms with Crippen LogP contribution >= 0.6 is 11.5 Å². The molecule has 0 N–H and O–H groups in total. The van der Waals surface area contributed by atoms with Gasteiger partial charge in [0.2, 0.25) is 0 Å². The first kappa shape index (κ1) is 24.0. The number of benzene rings is 6. The highest BCUT2D eigenvalue weighted by Crippen LogP contribution is 2.51. The van der Waals surface area contributed by atoms with E-state index in [-0.39, 0.29) is 5.41 Å². The van der Waals surface area contributed by atoms with Gasteiger partial charge in [0.25, 0.3) is 0 Å². The molecular formula is C37H27N3S. The normalized spacial score (nSPS) is 13.8. The summed E-state index contributed by atoms with van der Waals surface area (Å²) in [6, 6.07) is 45.5. The van der Waals surface area contributed by atoms with Crippen LogP contribution in [0, 0.1) is 0 Å². The predicted molar refractivity (Wildman–Crippen MR) is 173 cm³/mol. The van der Waals surface area contributed by atoms with Crippen LogP contribution in [-0.2, 0) is 5.41 Å². The summed E-state index contributed by atoms with van der Waals surface area (Å²) in [7, 11) is 0. The zero-order chi connectivity index (χ0) is 27.6. The maximum absolute atomic E-state index is 5.03. The van der Waals surface area contributed by atoms with Crippen molar-refractivity contribution in [3.8, 4) is 22.0 Å². The molecule has 7 aromatic rings. The van der Waals surface area contributed by atoms with Gasteiger partial charge in [-0.1, -0.05) is 98.8 Å². The van der Waals surface area contributed by atoms with Crippen molar-refractivity contribution >= 4 is 50.1 Å². The highest BCUT2D eigenvalue weighted by atomic mass is 32.1. The monoisotopic (exact) mass is 545 g/mol. The molecule has 1 aliphatic rings. The molecule has 1 aromatic heterocycles. The van der Waals surface area contributed by atoms with Crippen LogP contribution in [0.25, 0.3) is 43.5 Å². The van der Waals surface area contributed by atoms with Gasteiger partial charge in [-0.15, -0.1) is 0 Å². The highest BCUT2D eigenvalue weighted by Gasteiger charge is 2.36. The van der Waals surface area contributed by atoms with Gasteiger partial charge in [0, 0.05) is 22.2 Å². The fraction of sp³-hybridized carbons (Fsp3) is 0.0811. The largest absolute Gasteiger partial charge is 0.310 e. The smallest absolute Gasteiger partial charge is 0.173 e. The van der Waals surface area contributed by atoms with Gasteiger partial charge in [0.1, 0.15) is 5.01 Å². The van der Waals surface area contributed by atoms with Gasteiger partial charge >= 0.3 is 0 Å². The van der Waals surface area contributed by atoms with E-state index in [1.54, 1.807) is 0 Å². The number of fused-ring (bicyclic) bond motifs is 5. The Balaban J connectivity index is 1.19. The van der Waals surface area contributed by atoms with E-state index < -0.39 is 0 Å². The molecule has 0 fully saturated rings. The Morgan fingerprint density at radius 2 is 1.20 bits per heavy atom. The second kappa shape index (κ2) is 9.12. The summed E-state index contributed by atoms with van der Waals surface area (Å²) in [6.45, 7) is 4.63. The molecule has 0 unspecified atom stereocenters. The van der Waals surface area contributed by atoms with Gasteiger partial charge in [0.15, 0.2) is 5.82 Å². The van der Waals surface area contributed by atoms with Crippen LogP contribution in [0.3, 0.4) is 0 Å². The van der Waals surface area contributed by atoms with Crippen LogP contribution in [0.4, 0.5) is 17.1 Å². The van der Waals surface area contributed by atoms with Crippen LogP contribution in [0.15, 0.2) is 127 Å². The van der Waals surface area contributed by atoms with Gasteiger partial charge in [-0.2, -0.15) is 4.37 Å². The first-order valence-electron chi connectivity index (χ1n) is 13.9. The summed E-state index contributed by atoms with van der Waals surface area (Å²) in [4.78, 5) is 7.41. The lowest BCUT2D eigenvalue weighted by molar-refractivity contribution is 0.632. The topological polar surface area (TPSA) is 29.0 Å². The third-order valence-corrected chi connectivity index (χ3v) is 9.19. The molecule has 196 valence electrons. The van der Waals surface area contributed by atoms with Crippen molar-refractivity contribution in [1.29, 1.82) is 0 Å². The Hall–Kier alpha value is -4.80. The Bertz CT molecular complexity index is 2040. The molecule has 0 saturated heterocycles. The summed E-state index contributed by atoms with van der Waals surface area (Å²) in [5.74, 6) is 0.759. The minimum absolute atomic E-state index is 0.0719. The summed E-state index contributed by atoms with van der Waals surface area (Å²) in [6.07, 6.45) is 0. The van der Waals surface area contributed by atoms with E-state index in [0.717, 1.165) is 27.6 Å². The first-order chi connectivity index (χ1) is 20.1. The van der Waals surface area contributed by atoms with Crippen LogP contribution < -0.4 is 4.90 Å². The van der Waals surface area contributed by atoms with E-state index in [1.165, 1.54) is 55.6 Å². The Morgan fingerprint density at radius 1 is 0.610 bits per heavy atom. The van der Waals surface area contributed by atoms with Gasteiger partial charge in [0.05, 0.1) is 11.4 Å². The molecule has 4 heteroatoms. The van der Waals surface area contributed by atoms with Gasteiger partial charge in [-0.05, 0) is 86.7 Å². The lowest BCUT2D eigenvalue weighted by atomic mass is 9.73. The number of aromatic nitrogens is 2. The average molecular weight is 546 g/mol. The second-order valence-electron chi connectivity index (χ2n) is 11.2. The molecule has 0 saturated carbocycles. The molecule has 8 rings (SSSR count). The van der Waals surface area contributed by atoms with Crippen molar-refractivity contribution in [2.45, 2.75) is 19.3 Å². The van der Waals surface area contributed by atoms with Crippen molar-refractivity contribution in [2.75, 3.05) is 4.90 Å². The first-order valence-corrected chi connectivity index (χ1v) is 14.7. The van der Waals surface area contributed by atoms with Crippen LogP contribution in [0.2, 0.25) is 0 Å². The van der Waals surface area contributed by atoms with Crippen LogP contribution in [0.5, 0.6) is 0 Å². The van der Waals surface area contributed by atoms with Crippen molar-refractivity contribution in [2.24, 2.45) is 0 Å². The van der Waals surface area contributed by atoms with Gasteiger partial charge in [-0.25, -0.2) is 4.98 Å². The molecule has 0 atom stereocenters. The summed E-state index contributed by atoms with van der Waals surface area (Å²) in [5.41, 5.74) is 8.30. The van der Waals surface area contributed by atoms with E-state index in [2.05, 4.69) is 146 Å². The van der Waals surface area contributed by atoms with Crippen molar-refractivity contribution < 1.29 is 0 Å². The number of nitrogens with zero attached hydrogens (tertiary/aromatic N) is 3. The molecule has 3 nitrogen and oxygen atoms in total. The van der Waals surface area contributed by atoms with Gasteiger partial charge < -0.3 is 4.90 Å². The molecule has 41 heavy (non-hydrogen) atoms. The number of hydrogen-bond donors (Lipinski definition) is 0. The summed E-state index contributed by atoms with van der Waals surface area (Å²) in [5, 5.41) is 5.86. The van der Waals surface area contributed by atoms with Crippen LogP contribution in [-0.4, -0.2) is 9.36 Å². The molecule has 1 aliphatic heterocycles. The van der Waals surface area contributed by atoms with Gasteiger partial charge in [-0.3, -0.25) is 0 Å². The SMILES string of the molecule is CC1(C)c2ccccc2N(c2ccc(-c3nsc(-c4cc5ccccc5c5ccccc45)n3)cc2)c2ccccc21. The number of para-hydroxylation sites is 2. The number of hydrogen-bond acceptors (Lipinski definition) is 4. The molecule has 0 radical (unpaired) electrons. The average Bonchev–Trinajstić information content (AvgIpc) is 3.52. The fourth-order valence-electron chi connectivity index (χ4n) is 6.39. The van der Waals surface area contributed by atoms with E-state index >= 15 is 0 Å². The maximum Gasteiger partial charge on any atom is 0.173 e. The Morgan fingerprint density at radius 3 is 1.90 bits per heavy atom. The number of anilines is 3. The minimum Gasteiger partial charge on any atom is -0.310 e. The fourth-order valence-corrected chi connectivity index (χ4v) is 7.10. The van der Waals surface area contributed by atoms with Crippen molar-refractivity contribution in [3.05, 3.63) is 139 Å². The summed E-state index contributed by atoms with van der Waals surface area (Å²) >= 11 is 1.46. The van der Waals surface area contributed by atoms with Crippen LogP contribution in [0.1, 0.15) is 25.0 Å². The van der Waals surface area contributed by atoms with E-state index in [1.807, 2.05) is 0 Å². The van der Waals surface area contributed by atoms with E-state index in [4.69, 9.17) is 9.36 Å². The zero-order valence-corrected chi connectivity index (χ0v) is 23.7. The minimum atomic E-state index is -0.0719. The lowest BCUT2D eigenvalue weighted by Gasteiger charge is -2.42. The molecule has 0 bridgehead atoms. The molecular weight excluding hydrogens is 518 g/mol. The standard InChI is InChI=1S/C37H27N3S/c1-37(2)31-15-7-9-17-33(31)40(34-18-10-8-16-32(34)37)26-21-19-24(20-22-26)35-38-36(41-39-35)30-23-25-11-3-4-12-27(25)28-13-5-6-14-29(28)30/h3-23H,1-2H3. The van der Waals surface area contributed by atoms with E-state index in [0.29, 0.717) is 0 Å². The summed E-state index contributed by atoms with van der Waals surface area (Å²) < 4.78 is 4.80. The molecule has 0 spiro atoms. The molecule has 2 heterocycles. The molecule has 0 amide bonds. The maximum atomic E-state index is 5.03. The third kappa shape index (κ3) is 3.71. The zero-order valence-electron chi connectivity index (χ0n) is 22.9. The molecule has 0 aliphatic carbocycles. The molecule has 6 aromatic carbocycles. The Labute approximate surface area is 243 Å². The van der Waals surface area contributed by atoms with Crippen molar-refractivity contribution in [1.82, 2.24) is 9.36 Å². The quantitative estimate of drug-likeness (QED) is 0.207.